The van der Waals surface area contributed by atoms with E-state index in [9.17, 15) is 0 Å². The maximum atomic E-state index is 6.73. The van der Waals surface area contributed by atoms with Crippen molar-refractivity contribution in [2.45, 2.75) is 12.3 Å². The van der Waals surface area contributed by atoms with Crippen LogP contribution >= 0.6 is 0 Å². The van der Waals surface area contributed by atoms with Gasteiger partial charge in [-0.05, 0) is 89.9 Å². The van der Waals surface area contributed by atoms with E-state index in [0.717, 1.165) is 56.1 Å². The van der Waals surface area contributed by atoms with Crippen LogP contribution in [0, 0.1) is 0 Å². The number of furan rings is 1. The highest BCUT2D eigenvalue weighted by atomic mass is 16.3. The molecule has 0 spiro atoms. The Morgan fingerprint density at radius 2 is 0.968 bits per heavy atom. The van der Waals surface area contributed by atoms with Crippen LogP contribution in [0.1, 0.15) is 29.5 Å². The number of aromatic nitrogens is 4. The molecule has 0 saturated heterocycles. The van der Waals surface area contributed by atoms with Crippen molar-refractivity contribution in [1.82, 2.24) is 19.5 Å². The minimum Gasteiger partial charge on any atom is -0.456 e. The number of benzene rings is 10. The Hall–Kier alpha value is -8.15. The number of hydrogen-bond acceptors (Lipinski definition) is 4. The van der Waals surface area contributed by atoms with Gasteiger partial charge in [0.25, 0.3) is 0 Å². The highest BCUT2D eigenvalue weighted by molar-refractivity contribution is 6.29. The smallest absolute Gasteiger partial charge is 0.238 e. The number of nitrogens with zero attached hydrogens (tertiary/aromatic N) is 4. The molecule has 1 aliphatic carbocycles. The van der Waals surface area contributed by atoms with Crippen LogP contribution in [0.5, 0.6) is 0 Å². The fourth-order valence-electron chi connectivity index (χ4n) is 10.6. The molecule has 3 heterocycles. The summed E-state index contributed by atoms with van der Waals surface area (Å²) in [5.74, 6) is 2.63. The molecule has 0 saturated carbocycles. The first-order chi connectivity index (χ1) is 30.7. The van der Waals surface area contributed by atoms with Gasteiger partial charge in [0.2, 0.25) is 5.95 Å². The summed E-state index contributed by atoms with van der Waals surface area (Å²) in [5, 5.41) is 17.8. The lowest BCUT2D eigenvalue weighted by atomic mass is 9.88. The SMILES string of the molecule is C1=Cc2oc3c(ccc4ccccc43)c2C(c2nc(-c3ccc4c5ccccc5c5ccccc5c4c3)nc(-n3c4ccc5ccccc5c4c4c5ccccc5ccc43)n2)C1. The molecule has 0 aliphatic heterocycles. The van der Waals surface area contributed by atoms with Crippen molar-refractivity contribution in [3.63, 3.8) is 0 Å². The second-order valence-electron chi connectivity index (χ2n) is 16.6. The molecule has 0 bridgehead atoms. The van der Waals surface area contributed by atoms with Crippen LogP contribution in [0.25, 0.3) is 121 Å². The lowest BCUT2D eigenvalue weighted by Crippen LogP contribution is -2.14. The summed E-state index contributed by atoms with van der Waals surface area (Å²) in [6.45, 7) is 0. The van der Waals surface area contributed by atoms with Gasteiger partial charge in [0.1, 0.15) is 17.2 Å². The molecule has 0 N–H and O–H groups in total. The van der Waals surface area contributed by atoms with Crippen LogP contribution in [0.2, 0.25) is 0 Å². The van der Waals surface area contributed by atoms with Crippen LogP contribution in [-0.4, -0.2) is 19.5 Å². The van der Waals surface area contributed by atoms with Gasteiger partial charge in [0.15, 0.2) is 5.82 Å². The molecule has 1 aliphatic rings. The van der Waals surface area contributed by atoms with Gasteiger partial charge in [0.05, 0.1) is 17.0 Å². The first kappa shape index (κ1) is 33.7. The molecular weight excluding hydrogens is 757 g/mol. The maximum absolute atomic E-state index is 6.73. The summed E-state index contributed by atoms with van der Waals surface area (Å²) in [4.78, 5) is 16.5. The number of fused-ring (bicyclic) bond motifs is 18. The van der Waals surface area contributed by atoms with Crippen LogP contribution in [-0.2, 0) is 0 Å². The normalized spacial score (nSPS) is 14.2. The summed E-state index contributed by atoms with van der Waals surface area (Å²) < 4.78 is 9.00. The Morgan fingerprint density at radius 3 is 1.61 bits per heavy atom. The van der Waals surface area contributed by atoms with Gasteiger partial charge in [0, 0.05) is 32.7 Å². The van der Waals surface area contributed by atoms with Crippen LogP contribution in [0.3, 0.4) is 0 Å². The lowest BCUT2D eigenvalue weighted by molar-refractivity contribution is 0.588. The van der Waals surface area contributed by atoms with Crippen molar-refractivity contribution in [3.8, 4) is 17.3 Å². The molecule has 3 aromatic heterocycles. The maximum Gasteiger partial charge on any atom is 0.238 e. The highest BCUT2D eigenvalue weighted by Crippen LogP contribution is 2.45. The molecule has 0 radical (unpaired) electrons. The van der Waals surface area contributed by atoms with Gasteiger partial charge in [-0.25, -0.2) is 4.98 Å². The van der Waals surface area contributed by atoms with E-state index >= 15 is 0 Å². The number of rotatable bonds is 3. The molecule has 1 atom stereocenters. The second-order valence-corrected chi connectivity index (χ2v) is 16.6. The van der Waals surface area contributed by atoms with E-state index in [4.69, 9.17) is 19.4 Å². The molecule has 0 fully saturated rings. The predicted molar refractivity (Wildman–Crippen MR) is 256 cm³/mol. The molecule has 10 aromatic carbocycles. The minimum absolute atomic E-state index is 0.169. The molecule has 1 unspecified atom stereocenters. The first-order valence-electron chi connectivity index (χ1n) is 21.3. The summed E-state index contributed by atoms with van der Waals surface area (Å²) in [5.41, 5.74) is 5.06. The summed E-state index contributed by atoms with van der Waals surface area (Å²) in [6, 6.07) is 63.2. The molecule has 14 rings (SSSR count). The van der Waals surface area contributed by atoms with E-state index in [1.807, 2.05) is 0 Å². The topological polar surface area (TPSA) is 56.7 Å². The van der Waals surface area contributed by atoms with Crippen molar-refractivity contribution in [2.75, 3.05) is 0 Å². The summed E-state index contributed by atoms with van der Waals surface area (Å²) in [6.07, 6.45) is 5.05. The zero-order valence-corrected chi connectivity index (χ0v) is 33.4. The summed E-state index contributed by atoms with van der Waals surface area (Å²) in [7, 11) is 0. The molecule has 5 nitrogen and oxygen atoms in total. The average Bonchev–Trinajstić information content (AvgIpc) is 3.91. The Balaban J connectivity index is 1.08. The molecule has 5 heteroatoms. The highest BCUT2D eigenvalue weighted by Gasteiger charge is 2.30. The molecule has 288 valence electrons. The largest absolute Gasteiger partial charge is 0.456 e. The Morgan fingerprint density at radius 1 is 0.452 bits per heavy atom. The zero-order chi connectivity index (χ0) is 40.5. The zero-order valence-electron chi connectivity index (χ0n) is 33.4. The molecule has 62 heavy (non-hydrogen) atoms. The van der Waals surface area contributed by atoms with Crippen LogP contribution < -0.4 is 0 Å². The minimum atomic E-state index is -0.169. The van der Waals surface area contributed by atoms with E-state index in [1.165, 1.54) is 64.6 Å². The monoisotopic (exact) mass is 790 g/mol. The first-order valence-corrected chi connectivity index (χ1v) is 21.3. The third-order valence-corrected chi connectivity index (χ3v) is 13.3. The van der Waals surface area contributed by atoms with Gasteiger partial charge >= 0.3 is 0 Å². The van der Waals surface area contributed by atoms with Crippen molar-refractivity contribution in [1.29, 1.82) is 0 Å². The third kappa shape index (κ3) is 4.70. The van der Waals surface area contributed by atoms with Crippen LogP contribution in [0.4, 0.5) is 0 Å². The van der Waals surface area contributed by atoms with Gasteiger partial charge in [-0.3, -0.25) is 4.57 Å². The molecular formula is C57H34N4O. The Bertz CT molecular complexity index is 3970. The van der Waals surface area contributed by atoms with E-state index in [2.05, 4.69) is 193 Å². The quantitative estimate of drug-likeness (QED) is 0.167. The Labute approximate surface area is 354 Å². The van der Waals surface area contributed by atoms with Gasteiger partial charge in [-0.2, -0.15) is 9.97 Å². The van der Waals surface area contributed by atoms with Gasteiger partial charge in [-0.15, -0.1) is 0 Å². The fraction of sp³-hybridized carbons (Fsp3) is 0.0351. The number of hydrogen-bond donors (Lipinski definition) is 0. The average molecular weight is 791 g/mol. The fourth-order valence-corrected chi connectivity index (χ4v) is 10.6. The van der Waals surface area contributed by atoms with Gasteiger partial charge in [-0.1, -0.05) is 164 Å². The van der Waals surface area contributed by atoms with Crippen molar-refractivity contribution >= 4 is 103 Å². The van der Waals surface area contributed by atoms with Gasteiger partial charge < -0.3 is 4.42 Å². The standard InChI is InChI=1S/C57H34N4O/c1-4-15-37-33(12-1)26-30-48-52(37)53-38-16-5-2-13-34(38)27-31-49(53)61(48)57-59-55(36-25-28-44-42-20-8-7-18-40(42)41-19-9-10-21-43(41)47(44)32-36)58-56(60-57)46-22-11-23-50-51(46)45-29-24-35-14-3-6-17-39(35)54(45)62-50/h1-21,23-32,46H,22H2. The van der Waals surface area contributed by atoms with E-state index in [1.54, 1.807) is 0 Å². The predicted octanol–water partition coefficient (Wildman–Crippen LogP) is 14.8. The second kappa shape index (κ2) is 12.7. The van der Waals surface area contributed by atoms with E-state index in [0.29, 0.717) is 17.6 Å². The van der Waals surface area contributed by atoms with Crippen molar-refractivity contribution in [3.05, 3.63) is 199 Å². The number of allylic oxidation sites excluding steroid dienone is 1. The summed E-state index contributed by atoms with van der Waals surface area (Å²) >= 11 is 0. The van der Waals surface area contributed by atoms with Crippen LogP contribution in [0.15, 0.2) is 186 Å². The molecule has 13 aromatic rings. The van der Waals surface area contributed by atoms with Crippen molar-refractivity contribution in [2.24, 2.45) is 0 Å². The van der Waals surface area contributed by atoms with E-state index < -0.39 is 0 Å². The van der Waals surface area contributed by atoms with Crippen molar-refractivity contribution < 1.29 is 4.42 Å². The third-order valence-electron chi connectivity index (χ3n) is 13.3. The molecule has 0 amide bonds. The lowest BCUT2D eigenvalue weighted by Gasteiger charge is -2.19. The Kier molecular flexibility index (Phi) is 6.88. The van der Waals surface area contributed by atoms with E-state index in [-0.39, 0.29) is 5.92 Å².